The Morgan fingerprint density at radius 2 is 2.19 bits per heavy atom. The summed E-state index contributed by atoms with van der Waals surface area (Å²) in [5, 5.41) is 13.2. The number of carbonyl (C=O) groups is 1. The summed E-state index contributed by atoms with van der Waals surface area (Å²) in [5.74, 6) is -0.428. The summed E-state index contributed by atoms with van der Waals surface area (Å²) >= 11 is 5.78. The van der Waals surface area contributed by atoms with Gasteiger partial charge >= 0.3 is 0 Å². The van der Waals surface area contributed by atoms with Crippen LogP contribution in [0.15, 0.2) is 30.4 Å². The molecule has 1 aromatic rings. The third kappa shape index (κ3) is 2.80. The van der Waals surface area contributed by atoms with Crippen LogP contribution in [-0.2, 0) is 4.79 Å². The van der Waals surface area contributed by atoms with E-state index in [2.05, 4.69) is 11.9 Å². The maximum Gasteiger partial charge on any atom is 0.271 e. The van der Waals surface area contributed by atoms with Gasteiger partial charge in [0.15, 0.2) is 0 Å². The lowest BCUT2D eigenvalue weighted by Crippen LogP contribution is -2.12. The third-order valence-corrected chi connectivity index (χ3v) is 2.13. The van der Waals surface area contributed by atoms with E-state index in [1.807, 2.05) is 0 Å². The molecule has 5 nitrogen and oxygen atoms in total. The number of anilines is 1. The zero-order valence-corrected chi connectivity index (χ0v) is 9.25. The fraction of sp³-hybridized carbons (Fsp3) is 0.100. The zero-order chi connectivity index (χ0) is 12.3. The fourth-order valence-corrected chi connectivity index (χ4v) is 1.12. The molecule has 0 radical (unpaired) electrons. The van der Waals surface area contributed by atoms with Crippen molar-refractivity contribution in [1.82, 2.24) is 0 Å². The van der Waals surface area contributed by atoms with Gasteiger partial charge in [0.05, 0.1) is 15.6 Å². The molecule has 0 saturated heterocycles. The summed E-state index contributed by atoms with van der Waals surface area (Å²) in [6.07, 6.45) is 0. The van der Waals surface area contributed by atoms with E-state index >= 15 is 0 Å². The molecule has 0 aliphatic rings. The number of carbonyl (C=O) groups excluding carboxylic acids is 1. The van der Waals surface area contributed by atoms with E-state index in [1.54, 1.807) is 0 Å². The molecule has 84 valence electrons. The lowest BCUT2D eigenvalue weighted by atomic mass is 10.2. The van der Waals surface area contributed by atoms with Gasteiger partial charge in [-0.1, -0.05) is 18.2 Å². The Morgan fingerprint density at radius 3 is 2.69 bits per heavy atom. The molecule has 1 aromatic carbocycles. The molecule has 0 saturated carbocycles. The monoisotopic (exact) mass is 240 g/mol. The van der Waals surface area contributed by atoms with Crippen molar-refractivity contribution in [3.63, 3.8) is 0 Å². The molecule has 0 heterocycles. The van der Waals surface area contributed by atoms with Crippen LogP contribution in [0.4, 0.5) is 11.4 Å². The van der Waals surface area contributed by atoms with Gasteiger partial charge in [-0.05, 0) is 13.0 Å². The minimum atomic E-state index is -0.563. The van der Waals surface area contributed by atoms with Crippen LogP contribution in [0.3, 0.4) is 0 Å². The first-order valence-corrected chi connectivity index (χ1v) is 4.70. The molecule has 16 heavy (non-hydrogen) atoms. The smallest absolute Gasteiger partial charge is 0.271 e. The van der Waals surface area contributed by atoms with Crippen molar-refractivity contribution in [1.29, 1.82) is 0 Å². The van der Waals surface area contributed by atoms with Gasteiger partial charge in [0.2, 0.25) is 0 Å². The van der Waals surface area contributed by atoms with E-state index in [1.165, 1.54) is 25.1 Å². The van der Waals surface area contributed by atoms with Crippen molar-refractivity contribution in [3.8, 4) is 0 Å². The van der Waals surface area contributed by atoms with Crippen LogP contribution < -0.4 is 5.32 Å². The van der Waals surface area contributed by atoms with Crippen molar-refractivity contribution < 1.29 is 9.72 Å². The number of amides is 1. The summed E-state index contributed by atoms with van der Waals surface area (Å²) in [7, 11) is 0. The van der Waals surface area contributed by atoms with Gasteiger partial charge in [-0.15, -0.1) is 0 Å². The van der Waals surface area contributed by atoms with Gasteiger partial charge in [0.25, 0.3) is 11.6 Å². The lowest BCUT2D eigenvalue weighted by Gasteiger charge is -2.06. The van der Waals surface area contributed by atoms with Gasteiger partial charge in [-0.3, -0.25) is 14.9 Å². The first-order valence-electron chi connectivity index (χ1n) is 4.32. The first kappa shape index (κ1) is 12.2. The van der Waals surface area contributed by atoms with Crippen molar-refractivity contribution in [2.75, 3.05) is 5.32 Å². The Labute approximate surface area is 96.9 Å². The second kappa shape index (κ2) is 4.76. The van der Waals surface area contributed by atoms with Gasteiger partial charge in [0, 0.05) is 17.7 Å². The van der Waals surface area contributed by atoms with Gasteiger partial charge in [-0.2, -0.15) is 0 Å². The maximum absolute atomic E-state index is 11.3. The normalized spacial score (nSPS) is 9.62. The predicted octanol–water partition coefficient (Wildman–Crippen LogP) is 2.76. The minimum Gasteiger partial charge on any atom is -0.321 e. The summed E-state index contributed by atoms with van der Waals surface area (Å²) in [4.78, 5) is 21.3. The first-order chi connectivity index (χ1) is 7.41. The van der Waals surface area contributed by atoms with Crippen LogP contribution in [0.2, 0.25) is 5.02 Å². The number of nitro benzene ring substituents is 1. The number of rotatable bonds is 3. The molecular formula is C10H9ClN2O3. The minimum absolute atomic E-state index is 0.138. The standard InChI is InChI=1S/C10H9ClN2O3/c1-6(2)10(14)12-9-5-7(13(15)16)3-4-8(9)11/h3-5H,1H2,2H3,(H,12,14). The molecule has 0 unspecified atom stereocenters. The number of non-ortho nitro benzene ring substituents is 1. The Balaban J connectivity index is 3.03. The molecule has 0 atom stereocenters. The van der Waals surface area contributed by atoms with Crippen molar-refractivity contribution in [2.45, 2.75) is 6.92 Å². The largest absolute Gasteiger partial charge is 0.321 e. The average molecular weight is 241 g/mol. The number of hydrogen-bond acceptors (Lipinski definition) is 3. The molecule has 1 amide bonds. The van der Waals surface area contributed by atoms with Crippen molar-refractivity contribution >= 4 is 28.9 Å². The Hall–Kier alpha value is -1.88. The zero-order valence-electron chi connectivity index (χ0n) is 8.49. The van der Waals surface area contributed by atoms with E-state index in [0.29, 0.717) is 5.57 Å². The number of halogens is 1. The third-order valence-electron chi connectivity index (χ3n) is 1.80. The van der Waals surface area contributed by atoms with Gasteiger partial charge < -0.3 is 5.32 Å². The Kier molecular flexibility index (Phi) is 3.63. The molecule has 0 aliphatic carbocycles. The number of hydrogen-bond donors (Lipinski definition) is 1. The highest BCUT2D eigenvalue weighted by molar-refractivity contribution is 6.34. The molecule has 0 aromatic heterocycles. The van der Waals surface area contributed by atoms with Crippen LogP contribution in [0.25, 0.3) is 0 Å². The molecule has 0 bridgehead atoms. The summed E-state index contributed by atoms with van der Waals surface area (Å²) in [5.41, 5.74) is 0.354. The van der Waals surface area contributed by atoms with Gasteiger partial charge in [0.1, 0.15) is 0 Å². The fourth-order valence-electron chi connectivity index (χ4n) is 0.952. The summed E-state index contributed by atoms with van der Waals surface area (Å²) in [6, 6.07) is 3.82. The van der Waals surface area contributed by atoms with Crippen LogP contribution in [-0.4, -0.2) is 10.8 Å². The molecular weight excluding hydrogens is 232 g/mol. The van der Waals surface area contributed by atoms with E-state index in [4.69, 9.17) is 11.6 Å². The van der Waals surface area contributed by atoms with E-state index in [0.717, 1.165) is 0 Å². The Morgan fingerprint density at radius 1 is 1.56 bits per heavy atom. The highest BCUT2D eigenvalue weighted by Gasteiger charge is 2.12. The number of nitro groups is 1. The van der Waals surface area contributed by atoms with Crippen molar-refractivity contribution in [3.05, 3.63) is 45.5 Å². The number of nitrogens with zero attached hydrogens (tertiary/aromatic N) is 1. The van der Waals surface area contributed by atoms with E-state index in [9.17, 15) is 14.9 Å². The van der Waals surface area contributed by atoms with Crippen LogP contribution in [0, 0.1) is 10.1 Å². The molecule has 1 rings (SSSR count). The van der Waals surface area contributed by atoms with Gasteiger partial charge in [-0.25, -0.2) is 0 Å². The average Bonchev–Trinajstić information content (AvgIpc) is 2.20. The highest BCUT2D eigenvalue weighted by atomic mass is 35.5. The number of benzene rings is 1. The van der Waals surface area contributed by atoms with Crippen LogP contribution in [0.5, 0.6) is 0 Å². The highest BCUT2D eigenvalue weighted by Crippen LogP contribution is 2.26. The van der Waals surface area contributed by atoms with E-state index in [-0.39, 0.29) is 16.4 Å². The molecule has 6 heteroatoms. The topological polar surface area (TPSA) is 72.2 Å². The van der Waals surface area contributed by atoms with Crippen molar-refractivity contribution in [2.24, 2.45) is 0 Å². The molecule has 0 fully saturated rings. The van der Waals surface area contributed by atoms with Crippen LogP contribution in [0.1, 0.15) is 6.92 Å². The lowest BCUT2D eigenvalue weighted by molar-refractivity contribution is -0.384. The molecule has 1 N–H and O–H groups in total. The summed E-state index contributed by atoms with van der Waals surface area (Å²) < 4.78 is 0. The SMILES string of the molecule is C=C(C)C(=O)Nc1cc([N+](=O)[O-])ccc1Cl. The maximum atomic E-state index is 11.3. The van der Waals surface area contributed by atoms with Crippen LogP contribution >= 0.6 is 11.6 Å². The molecule has 0 spiro atoms. The second-order valence-corrected chi connectivity index (χ2v) is 3.56. The summed E-state index contributed by atoms with van der Waals surface area (Å²) in [6.45, 7) is 4.98. The van der Waals surface area contributed by atoms with E-state index < -0.39 is 10.8 Å². The predicted molar refractivity (Wildman–Crippen MR) is 61.6 cm³/mol. The quantitative estimate of drug-likeness (QED) is 0.502. The second-order valence-electron chi connectivity index (χ2n) is 3.16. The Bertz CT molecular complexity index is 471. The number of nitrogens with one attached hydrogen (secondary N) is 1. The molecule has 0 aliphatic heterocycles.